The maximum atomic E-state index is 13.3. The van der Waals surface area contributed by atoms with Crippen LogP contribution in [0.2, 0.25) is 0 Å². The maximum Gasteiger partial charge on any atom is 0.359 e. The first-order valence-corrected chi connectivity index (χ1v) is 12.8. The number of oxime groups is 1. The molecule has 0 unspecified atom stereocenters. The summed E-state index contributed by atoms with van der Waals surface area (Å²) in [5, 5.41) is 13.5. The number of hydrogen-bond donors (Lipinski definition) is 0. The average molecular weight is 465 g/mol. The lowest BCUT2D eigenvalue weighted by atomic mass is 9.84. The number of nitriles is 1. The van der Waals surface area contributed by atoms with Gasteiger partial charge in [-0.25, -0.2) is 0 Å². The molecular formula is C27H32N2O3S. The minimum absolute atomic E-state index is 0.0181. The van der Waals surface area contributed by atoms with Crippen LogP contribution in [-0.4, -0.2) is 14.1 Å². The largest absolute Gasteiger partial charge is 0.359 e. The molecule has 174 valence electrons. The molecule has 3 rings (SSSR count). The predicted molar refractivity (Wildman–Crippen MR) is 133 cm³/mol. The molecule has 1 aliphatic rings. The van der Waals surface area contributed by atoms with Gasteiger partial charge >= 0.3 is 10.1 Å². The Morgan fingerprint density at radius 1 is 0.939 bits per heavy atom. The Morgan fingerprint density at radius 2 is 1.48 bits per heavy atom. The molecule has 1 saturated carbocycles. The summed E-state index contributed by atoms with van der Waals surface area (Å²) in [7, 11) is -4.09. The standard InChI is InChI=1S/C27H32N2O3S/c1-17(2)21-14-24(18(3)4)27(25(15-21)19(5)6)33(30,31)32-29-23-12-22(13-23)26(16-28)20-10-8-7-9-11-20/h7-11,14-15,17-19H,12-13H2,1-6H3. The molecule has 0 aliphatic heterocycles. The Kier molecular flexibility index (Phi) is 7.44. The molecule has 0 aromatic heterocycles. The molecule has 1 aliphatic carbocycles. The van der Waals surface area contributed by atoms with Crippen molar-refractivity contribution in [3.05, 3.63) is 70.3 Å². The van der Waals surface area contributed by atoms with Gasteiger partial charge in [-0.2, -0.15) is 13.7 Å². The minimum Gasteiger partial charge on any atom is -0.265 e. The predicted octanol–water partition coefficient (Wildman–Crippen LogP) is 6.89. The van der Waals surface area contributed by atoms with Crippen LogP contribution in [0, 0.1) is 11.3 Å². The smallest absolute Gasteiger partial charge is 0.265 e. The molecule has 0 saturated heterocycles. The van der Waals surface area contributed by atoms with Crippen LogP contribution in [0.5, 0.6) is 0 Å². The van der Waals surface area contributed by atoms with Crippen LogP contribution in [-0.2, 0) is 14.4 Å². The second-order valence-corrected chi connectivity index (χ2v) is 11.0. The molecule has 2 aromatic carbocycles. The highest BCUT2D eigenvalue weighted by atomic mass is 32.2. The van der Waals surface area contributed by atoms with E-state index in [4.69, 9.17) is 4.28 Å². The van der Waals surface area contributed by atoms with E-state index < -0.39 is 10.1 Å². The lowest BCUT2D eigenvalue weighted by Crippen LogP contribution is -2.18. The molecule has 0 amide bonds. The second-order valence-electron chi connectivity index (χ2n) is 9.49. The van der Waals surface area contributed by atoms with Crippen molar-refractivity contribution in [3.63, 3.8) is 0 Å². The van der Waals surface area contributed by atoms with Gasteiger partial charge in [0.25, 0.3) is 0 Å². The van der Waals surface area contributed by atoms with Crippen molar-refractivity contribution in [2.75, 3.05) is 0 Å². The number of rotatable bonds is 7. The molecular weight excluding hydrogens is 432 g/mol. The molecule has 33 heavy (non-hydrogen) atoms. The van der Waals surface area contributed by atoms with Crippen molar-refractivity contribution in [3.8, 4) is 6.07 Å². The van der Waals surface area contributed by atoms with Gasteiger partial charge in [-0.15, -0.1) is 0 Å². The highest BCUT2D eigenvalue weighted by molar-refractivity contribution is 7.86. The van der Waals surface area contributed by atoms with E-state index in [0.717, 1.165) is 27.8 Å². The Bertz CT molecular complexity index is 1190. The molecule has 1 fully saturated rings. The van der Waals surface area contributed by atoms with E-state index in [0.29, 0.717) is 24.1 Å². The molecule has 0 heterocycles. The lowest BCUT2D eigenvalue weighted by molar-refractivity contribution is 0.334. The zero-order valence-corrected chi connectivity index (χ0v) is 21.0. The first-order chi connectivity index (χ1) is 15.5. The highest BCUT2D eigenvalue weighted by Gasteiger charge is 2.30. The molecule has 0 radical (unpaired) electrons. The summed E-state index contributed by atoms with van der Waals surface area (Å²) >= 11 is 0. The third-order valence-electron chi connectivity index (χ3n) is 5.96. The van der Waals surface area contributed by atoms with Crippen LogP contribution < -0.4 is 0 Å². The van der Waals surface area contributed by atoms with E-state index in [-0.39, 0.29) is 22.6 Å². The summed E-state index contributed by atoms with van der Waals surface area (Å²) in [6.45, 7) is 12.2. The lowest BCUT2D eigenvalue weighted by Gasteiger charge is -2.23. The highest BCUT2D eigenvalue weighted by Crippen LogP contribution is 2.37. The fourth-order valence-electron chi connectivity index (χ4n) is 3.95. The maximum absolute atomic E-state index is 13.3. The average Bonchev–Trinajstić information content (AvgIpc) is 2.74. The summed E-state index contributed by atoms with van der Waals surface area (Å²) in [6, 6.07) is 15.7. The van der Waals surface area contributed by atoms with Crippen LogP contribution in [0.4, 0.5) is 0 Å². The van der Waals surface area contributed by atoms with Gasteiger partial charge < -0.3 is 0 Å². The van der Waals surface area contributed by atoms with Gasteiger partial charge in [0.1, 0.15) is 4.90 Å². The van der Waals surface area contributed by atoms with Gasteiger partial charge in [0.15, 0.2) is 0 Å². The summed E-state index contributed by atoms with van der Waals surface area (Å²) in [4.78, 5) is 0.235. The van der Waals surface area contributed by atoms with E-state index in [2.05, 4.69) is 25.1 Å². The molecule has 0 spiro atoms. The Balaban J connectivity index is 1.91. The first kappa shape index (κ1) is 24.7. The Hall–Kier alpha value is -2.91. The van der Waals surface area contributed by atoms with Crippen LogP contribution in [0.15, 0.2) is 58.1 Å². The molecule has 2 aromatic rings. The number of allylic oxidation sites excluding steroid dienone is 2. The third kappa shape index (κ3) is 5.36. The molecule has 6 heteroatoms. The van der Waals surface area contributed by atoms with Gasteiger partial charge in [-0.3, -0.25) is 4.28 Å². The van der Waals surface area contributed by atoms with Crippen LogP contribution in [0.1, 0.15) is 94.4 Å². The summed E-state index contributed by atoms with van der Waals surface area (Å²) in [5.41, 5.74) is 5.67. The van der Waals surface area contributed by atoms with Crippen molar-refractivity contribution >= 4 is 21.4 Å². The third-order valence-corrected chi connectivity index (χ3v) is 7.20. The monoisotopic (exact) mass is 464 g/mol. The van der Waals surface area contributed by atoms with Gasteiger partial charge in [0.2, 0.25) is 0 Å². The van der Waals surface area contributed by atoms with E-state index in [1.807, 2.05) is 70.2 Å². The van der Waals surface area contributed by atoms with Crippen LogP contribution >= 0.6 is 0 Å². The normalized spacial score (nSPS) is 13.8. The van der Waals surface area contributed by atoms with Crippen LogP contribution in [0.3, 0.4) is 0 Å². The number of benzene rings is 2. The molecule has 0 N–H and O–H groups in total. The van der Waals surface area contributed by atoms with Crippen molar-refractivity contribution in [1.29, 1.82) is 5.26 Å². The van der Waals surface area contributed by atoms with Crippen molar-refractivity contribution in [1.82, 2.24) is 0 Å². The van der Waals surface area contributed by atoms with E-state index in [9.17, 15) is 13.7 Å². The van der Waals surface area contributed by atoms with Gasteiger partial charge in [0, 0.05) is 12.8 Å². The SMILES string of the molecule is CC(C)c1cc(C(C)C)c(S(=O)(=O)ON=C2CC(=C(C#N)c3ccccc3)C2)c(C(C)C)c1. The van der Waals surface area contributed by atoms with Gasteiger partial charge in [0.05, 0.1) is 17.4 Å². The fourth-order valence-corrected chi connectivity index (χ4v) is 5.40. The molecule has 0 atom stereocenters. The Labute approximate surface area is 197 Å². The number of nitrogens with zero attached hydrogens (tertiary/aromatic N) is 2. The quantitative estimate of drug-likeness (QED) is 0.330. The summed E-state index contributed by atoms with van der Waals surface area (Å²) in [5.74, 6) is 0.325. The topological polar surface area (TPSA) is 79.5 Å². The first-order valence-electron chi connectivity index (χ1n) is 11.4. The fraction of sp³-hybridized carbons (Fsp3) is 0.407. The van der Waals surface area contributed by atoms with E-state index in [1.54, 1.807) is 0 Å². The van der Waals surface area contributed by atoms with Crippen molar-refractivity contribution in [2.24, 2.45) is 5.16 Å². The van der Waals surface area contributed by atoms with Crippen molar-refractivity contribution in [2.45, 2.75) is 77.0 Å². The zero-order chi connectivity index (χ0) is 24.3. The molecule has 0 bridgehead atoms. The van der Waals surface area contributed by atoms with Gasteiger partial charge in [-0.05, 0) is 45.6 Å². The van der Waals surface area contributed by atoms with Crippen molar-refractivity contribution < 1.29 is 12.7 Å². The van der Waals surface area contributed by atoms with Gasteiger partial charge in [-0.1, -0.05) is 89.2 Å². The van der Waals surface area contributed by atoms with E-state index >= 15 is 0 Å². The summed E-state index contributed by atoms with van der Waals surface area (Å²) < 4.78 is 31.8. The van der Waals surface area contributed by atoms with E-state index in [1.165, 1.54) is 0 Å². The number of hydrogen-bond acceptors (Lipinski definition) is 5. The zero-order valence-electron chi connectivity index (χ0n) is 20.2. The van der Waals surface area contributed by atoms with Crippen LogP contribution in [0.25, 0.3) is 5.57 Å². The Morgan fingerprint density at radius 3 is 1.94 bits per heavy atom. The molecule has 5 nitrogen and oxygen atoms in total. The summed E-state index contributed by atoms with van der Waals surface area (Å²) in [6.07, 6.45) is 0.876. The minimum atomic E-state index is -4.09. The second kappa shape index (κ2) is 9.93.